The molecule has 0 heterocycles. The molecule has 1 aliphatic carbocycles. The van der Waals surface area contributed by atoms with Crippen LogP contribution in [0.5, 0.6) is 0 Å². The zero-order valence-electron chi connectivity index (χ0n) is 11.9. The second kappa shape index (κ2) is 8.53. The highest BCUT2D eigenvalue weighted by Gasteiger charge is 2.27. The van der Waals surface area contributed by atoms with E-state index in [1.165, 1.54) is 0 Å². The Bertz CT molecular complexity index is 358. The number of amides is 1. The lowest BCUT2D eigenvalue weighted by molar-refractivity contribution is -0.143. The number of nitrogens with zero attached hydrogens (tertiary/aromatic N) is 1. The molecule has 1 fully saturated rings. The number of hydrogen-bond acceptors (Lipinski definition) is 3. The van der Waals surface area contributed by atoms with Crippen molar-refractivity contribution in [3.63, 3.8) is 0 Å². The Kier molecular flexibility index (Phi) is 7.01. The van der Waals surface area contributed by atoms with E-state index in [9.17, 15) is 9.59 Å². The third-order valence-corrected chi connectivity index (χ3v) is 3.62. The molecule has 0 aromatic heterocycles. The zero-order chi connectivity index (χ0) is 15.0. The molecule has 1 rings (SSSR count). The molecule has 0 aromatic carbocycles. The van der Waals surface area contributed by atoms with E-state index in [2.05, 4.69) is 18.5 Å². The van der Waals surface area contributed by atoms with E-state index in [1.54, 1.807) is 17.1 Å². The summed E-state index contributed by atoms with van der Waals surface area (Å²) in [7, 11) is 0. The van der Waals surface area contributed by atoms with E-state index in [0.29, 0.717) is 19.5 Å². The van der Waals surface area contributed by atoms with Gasteiger partial charge in [-0.15, -0.1) is 13.2 Å². The molecule has 1 saturated carbocycles. The summed E-state index contributed by atoms with van der Waals surface area (Å²) in [5, 5.41) is 12.2. The number of rotatable bonds is 8. The summed E-state index contributed by atoms with van der Waals surface area (Å²) in [6.07, 6.45) is 6.53. The summed E-state index contributed by atoms with van der Waals surface area (Å²) in [6.45, 7) is 8.49. The largest absolute Gasteiger partial charge is 0.481 e. The Balaban J connectivity index is 2.40. The van der Waals surface area contributed by atoms with Crippen LogP contribution in [0.15, 0.2) is 25.3 Å². The van der Waals surface area contributed by atoms with Crippen molar-refractivity contribution >= 4 is 11.9 Å². The van der Waals surface area contributed by atoms with Crippen LogP contribution in [0.4, 0.5) is 0 Å². The second-order valence-electron chi connectivity index (χ2n) is 5.16. The lowest BCUT2D eigenvalue weighted by Crippen LogP contribution is -2.44. The van der Waals surface area contributed by atoms with Crippen molar-refractivity contribution in [2.75, 3.05) is 19.6 Å². The highest BCUT2D eigenvalue weighted by Crippen LogP contribution is 2.24. The molecule has 0 saturated heterocycles. The molecule has 1 amide bonds. The molecule has 2 unspecified atom stereocenters. The van der Waals surface area contributed by atoms with E-state index < -0.39 is 5.97 Å². The van der Waals surface area contributed by atoms with Crippen molar-refractivity contribution in [2.24, 2.45) is 5.92 Å². The fourth-order valence-electron chi connectivity index (χ4n) is 2.53. The quantitative estimate of drug-likeness (QED) is 0.660. The molecule has 1 aliphatic rings. The summed E-state index contributed by atoms with van der Waals surface area (Å²) >= 11 is 0. The molecule has 20 heavy (non-hydrogen) atoms. The maximum Gasteiger partial charge on any atom is 0.306 e. The molecule has 5 nitrogen and oxygen atoms in total. The Hall–Kier alpha value is -1.62. The number of carbonyl (C=O) groups is 2. The fourth-order valence-corrected chi connectivity index (χ4v) is 2.53. The maximum atomic E-state index is 12.0. The van der Waals surface area contributed by atoms with E-state index in [0.717, 1.165) is 19.3 Å². The van der Waals surface area contributed by atoms with Gasteiger partial charge in [-0.3, -0.25) is 9.59 Å². The number of carboxylic acid groups (broad SMARTS) is 1. The first-order valence-electron chi connectivity index (χ1n) is 7.04. The standard InChI is InChI=1S/C15H24N2O3/c1-3-8-17(9-4-2)14(18)11-16-13-7-5-6-12(10-13)15(19)20/h3-4,12-13,16H,1-2,5-11H2,(H,19,20). The molecule has 0 bridgehead atoms. The van der Waals surface area contributed by atoms with E-state index >= 15 is 0 Å². The van der Waals surface area contributed by atoms with Gasteiger partial charge in [-0.05, 0) is 19.3 Å². The van der Waals surface area contributed by atoms with Crippen molar-refractivity contribution in [1.29, 1.82) is 0 Å². The van der Waals surface area contributed by atoms with Gasteiger partial charge >= 0.3 is 5.97 Å². The summed E-state index contributed by atoms with van der Waals surface area (Å²) in [4.78, 5) is 24.7. The monoisotopic (exact) mass is 280 g/mol. The van der Waals surface area contributed by atoms with E-state index in [4.69, 9.17) is 5.11 Å². The first-order valence-corrected chi connectivity index (χ1v) is 7.04. The van der Waals surface area contributed by atoms with E-state index in [1.807, 2.05) is 0 Å². The van der Waals surface area contributed by atoms with Gasteiger partial charge in [-0.25, -0.2) is 0 Å². The van der Waals surface area contributed by atoms with Crippen LogP contribution in [0, 0.1) is 5.92 Å². The third kappa shape index (κ3) is 5.17. The van der Waals surface area contributed by atoms with Crippen LogP contribution in [0.3, 0.4) is 0 Å². The molecule has 112 valence electrons. The number of nitrogens with one attached hydrogen (secondary N) is 1. The van der Waals surface area contributed by atoms with Crippen molar-refractivity contribution in [1.82, 2.24) is 10.2 Å². The van der Waals surface area contributed by atoms with Crippen LogP contribution in [0.2, 0.25) is 0 Å². The molecule has 0 radical (unpaired) electrons. The summed E-state index contributed by atoms with van der Waals surface area (Å²) in [5.41, 5.74) is 0. The fraction of sp³-hybridized carbons (Fsp3) is 0.600. The maximum absolute atomic E-state index is 12.0. The van der Waals surface area contributed by atoms with E-state index in [-0.39, 0.29) is 24.4 Å². The first kappa shape index (κ1) is 16.4. The Morgan fingerprint density at radius 1 is 1.25 bits per heavy atom. The third-order valence-electron chi connectivity index (χ3n) is 3.62. The number of carboxylic acids is 1. The van der Waals surface area contributed by atoms with Gasteiger partial charge in [0.15, 0.2) is 0 Å². The zero-order valence-corrected chi connectivity index (χ0v) is 11.9. The number of aliphatic carboxylic acids is 1. The Labute approximate surface area is 120 Å². The minimum atomic E-state index is -0.734. The van der Waals surface area contributed by atoms with Gasteiger partial charge in [0.05, 0.1) is 12.5 Å². The van der Waals surface area contributed by atoms with Crippen molar-refractivity contribution in [3.05, 3.63) is 25.3 Å². The van der Waals surface area contributed by atoms with Gasteiger partial charge < -0.3 is 15.3 Å². The predicted octanol–water partition coefficient (Wildman–Crippen LogP) is 1.42. The Morgan fingerprint density at radius 3 is 2.45 bits per heavy atom. The topological polar surface area (TPSA) is 69.6 Å². The average Bonchev–Trinajstić information content (AvgIpc) is 2.45. The number of hydrogen-bond donors (Lipinski definition) is 2. The molecule has 0 aliphatic heterocycles. The molecule has 5 heteroatoms. The minimum absolute atomic E-state index is 0.0118. The van der Waals surface area contributed by atoms with Gasteiger partial charge in [0.25, 0.3) is 0 Å². The summed E-state index contributed by atoms with van der Waals surface area (Å²) < 4.78 is 0. The molecular formula is C15H24N2O3. The van der Waals surface area contributed by atoms with Crippen molar-refractivity contribution in [3.8, 4) is 0 Å². The van der Waals surface area contributed by atoms with Gasteiger partial charge in [0.2, 0.25) is 5.91 Å². The summed E-state index contributed by atoms with van der Waals surface area (Å²) in [6, 6.07) is 0.114. The van der Waals surface area contributed by atoms with Crippen LogP contribution in [-0.2, 0) is 9.59 Å². The second-order valence-corrected chi connectivity index (χ2v) is 5.16. The van der Waals surface area contributed by atoms with Gasteiger partial charge in [0.1, 0.15) is 0 Å². The van der Waals surface area contributed by atoms with Crippen molar-refractivity contribution < 1.29 is 14.7 Å². The minimum Gasteiger partial charge on any atom is -0.481 e. The lowest BCUT2D eigenvalue weighted by Gasteiger charge is -2.28. The molecule has 2 atom stereocenters. The highest BCUT2D eigenvalue weighted by molar-refractivity contribution is 5.78. The van der Waals surface area contributed by atoms with Crippen LogP contribution in [0.1, 0.15) is 25.7 Å². The SMILES string of the molecule is C=CCN(CC=C)C(=O)CNC1CCCC(C(=O)O)C1. The van der Waals surface area contributed by atoms with Crippen molar-refractivity contribution in [2.45, 2.75) is 31.7 Å². The summed E-state index contributed by atoms with van der Waals surface area (Å²) in [5.74, 6) is -1.03. The van der Waals surface area contributed by atoms with Crippen LogP contribution >= 0.6 is 0 Å². The molecular weight excluding hydrogens is 256 g/mol. The predicted molar refractivity (Wildman–Crippen MR) is 78.4 cm³/mol. The van der Waals surface area contributed by atoms with Crippen LogP contribution in [-0.4, -0.2) is 47.6 Å². The molecule has 2 N–H and O–H groups in total. The van der Waals surface area contributed by atoms with Crippen LogP contribution < -0.4 is 5.32 Å². The van der Waals surface area contributed by atoms with Gasteiger partial charge in [-0.2, -0.15) is 0 Å². The lowest BCUT2D eigenvalue weighted by atomic mass is 9.86. The molecule has 0 aromatic rings. The van der Waals surface area contributed by atoms with Gasteiger partial charge in [-0.1, -0.05) is 18.6 Å². The smallest absolute Gasteiger partial charge is 0.306 e. The highest BCUT2D eigenvalue weighted by atomic mass is 16.4. The average molecular weight is 280 g/mol. The first-order chi connectivity index (χ1) is 9.58. The normalized spacial score (nSPS) is 22.0. The van der Waals surface area contributed by atoms with Crippen LogP contribution in [0.25, 0.3) is 0 Å². The number of carbonyl (C=O) groups excluding carboxylic acids is 1. The Morgan fingerprint density at radius 2 is 1.90 bits per heavy atom. The molecule has 0 spiro atoms. The van der Waals surface area contributed by atoms with Gasteiger partial charge in [0, 0.05) is 19.1 Å².